The maximum atomic E-state index is 13.0. The summed E-state index contributed by atoms with van der Waals surface area (Å²) in [5.41, 5.74) is 9.11. The number of carbonyl (C=O) groups excluding carboxylic acids is 1. The SMILES string of the molecule is CC(C)OC(=O)OC1=C(/C=C/C2=[N+](C)c3ccc4ccccc4c3C2(C)C)CCC/C1=C\C=C1\N(C)c2ccc3ccccc3c2C1(C)C. The number of ether oxygens (including phenoxy) is 2. The number of nitrogens with zero attached hydrogens (tertiary/aromatic N) is 2. The molecule has 0 radical (unpaired) electrons. The van der Waals surface area contributed by atoms with Crippen LogP contribution in [0.3, 0.4) is 0 Å². The highest BCUT2D eigenvalue weighted by Gasteiger charge is 2.44. The topological polar surface area (TPSA) is 41.8 Å². The van der Waals surface area contributed by atoms with E-state index in [0.717, 1.165) is 30.4 Å². The van der Waals surface area contributed by atoms with Crippen molar-refractivity contribution in [3.8, 4) is 0 Å². The summed E-state index contributed by atoms with van der Waals surface area (Å²) in [6.45, 7) is 12.9. The third kappa shape index (κ3) is 5.50. The van der Waals surface area contributed by atoms with Crippen molar-refractivity contribution >= 4 is 44.8 Å². The van der Waals surface area contributed by atoms with Crippen molar-refractivity contribution in [1.82, 2.24) is 0 Å². The van der Waals surface area contributed by atoms with E-state index < -0.39 is 6.16 Å². The van der Waals surface area contributed by atoms with Gasteiger partial charge in [0.25, 0.3) is 0 Å². The summed E-state index contributed by atoms with van der Waals surface area (Å²) in [6.07, 6.45) is 10.4. The molecule has 0 aromatic heterocycles. The Morgan fingerprint density at radius 1 is 0.816 bits per heavy atom. The molecule has 2 heterocycles. The first-order valence-electron chi connectivity index (χ1n) is 17.5. The van der Waals surface area contributed by atoms with E-state index in [1.807, 2.05) is 13.8 Å². The van der Waals surface area contributed by atoms with Crippen molar-refractivity contribution in [3.63, 3.8) is 0 Å². The molecule has 5 nitrogen and oxygen atoms in total. The quantitative estimate of drug-likeness (QED) is 0.159. The molecule has 0 saturated heterocycles. The predicted molar refractivity (Wildman–Crippen MR) is 202 cm³/mol. The summed E-state index contributed by atoms with van der Waals surface area (Å²) in [5, 5.41) is 5.06. The number of anilines is 1. The van der Waals surface area contributed by atoms with Crippen LogP contribution >= 0.6 is 0 Å². The van der Waals surface area contributed by atoms with E-state index in [0.29, 0.717) is 5.76 Å². The maximum absolute atomic E-state index is 13.0. The Morgan fingerprint density at radius 2 is 1.47 bits per heavy atom. The van der Waals surface area contributed by atoms with Gasteiger partial charge in [0, 0.05) is 41.6 Å². The highest BCUT2D eigenvalue weighted by molar-refractivity contribution is 6.07. The van der Waals surface area contributed by atoms with Crippen molar-refractivity contribution in [2.45, 2.75) is 77.7 Å². The van der Waals surface area contributed by atoms with Gasteiger partial charge in [-0.15, -0.1) is 0 Å². The number of hydrogen-bond acceptors (Lipinski definition) is 4. The largest absolute Gasteiger partial charge is 0.514 e. The molecular weight excluding hydrogens is 604 g/mol. The molecule has 0 fully saturated rings. The van der Waals surface area contributed by atoms with Crippen LogP contribution in [0.5, 0.6) is 0 Å². The number of likely N-dealkylation sites (N-methyl/N-ethyl adjacent to an activating group) is 1. The highest BCUT2D eigenvalue weighted by atomic mass is 16.7. The summed E-state index contributed by atoms with van der Waals surface area (Å²) in [5.74, 6) is 0.605. The van der Waals surface area contributed by atoms with Gasteiger partial charge < -0.3 is 14.4 Å². The Balaban J connectivity index is 1.29. The van der Waals surface area contributed by atoms with Crippen LogP contribution in [0.2, 0.25) is 0 Å². The number of fused-ring (bicyclic) bond motifs is 6. The van der Waals surface area contributed by atoms with Gasteiger partial charge in [-0.25, -0.2) is 4.79 Å². The van der Waals surface area contributed by atoms with Gasteiger partial charge in [-0.05, 0) is 109 Å². The summed E-state index contributed by atoms with van der Waals surface area (Å²) in [6, 6.07) is 26.1. The molecule has 250 valence electrons. The highest BCUT2D eigenvalue weighted by Crippen LogP contribution is 2.50. The standard InChI is InChI=1S/C44H47N2O3/c1-28(2)48-42(47)49-41-31(22-26-37-43(3,4)39-33-18-11-9-14-29(33)20-24-35(39)45(37)7)16-13-17-32(41)23-27-38-44(5,6)40-34-19-12-10-15-30(34)21-25-36(40)46(38)8/h9-12,14-15,18-28H,13,16-17H2,1-8H3/q+1. The molecule has 2 aliphatic heterocycles. The van der Waals surface area contributed by atoms with Crippen LogP contribution in [0.25, 0.3) is 21.5 Å². The van der Waals surface area contributed by atoms with Crippen LogP contribution in [0.4, 0.5) is 16.2 Å². The lowest BCUT2D eigenvalue weighted by Gasteiger charge is -2.25. The first-order valence-corrected chi connectivity index (χ1v) is 17.5. The second kappa shape index (κ2) is 12.2. The van der Waals surface area contributed by atoms with E-state index in [1.165, 1.54) is 55.5 Å². The van der Waals surface area contributed by atoms with Gasteiger partial charge in [0.15, 0.2) is 5.71 Å². The molecule has 0 N–H and O–H groups in total. The molecule has 0 unspecified atom stereocenters. The molecule has 0 amide bonds. The third-order valence-corrected chi connectivity index (χ3v) is 10.7. The maximum Gasteiger partial charge on any atom is 0.514 e. The molecule has 4 aromatic carbocycles. The van der Waals surface area contributed by atoms with Crippen molar-refractivity contribution in [3.05, 3.63) is 131 Å². The van der Waals surface area contributed by atoms with Gasteiger partial charge in [0.2, 0.25) is 5.69 Å². The average Bonchev–Trinajstić information content (AvgIpc) is 3.39. The molecule has 4 aromatic rings. The number of allylic oxidation sites excluding steroid dienone is 7. The summed E-state index contributed by atoms with van der Waals surface area (Å²) in [7, 11) is 4.29. The number of benzene rings is 4. The lowest BCUT2D eigenvalue weighted by Crippen LogP contribution is -2.27. The fourth-order valence-electron chi connectivity index (χ4n) is 8.40. The van der Waals surface area contributed by atoms with Crippen LogP contribution < -0.4 is 4.90 Å². The fourth-order valence-corrected chi connectivity index (χ4v) is 8.40. The van der Waals surface area contributed by atoms with Gasteiger partial charge in [-0.1, -0.05) is 74.5 Å². The van der Waals surface area contributed by atoms with Gasteiger partial charge in [0.1, 0.15) is 12.8 Å². The predicted octanol–water partition coefficient (Wildman–Crippen LogP) is 10.8. The van der Waals surface area contributed by atoms with Gasteiger partial charge in [-0.3, -0.25) is 0 Å². The van der Waals surface area contributed by atoms with Gasteiger partial charge in [0.05, 0.1) is 11.5 Å². The van der Waals surface area contributed by atoms with E-state index >= 15 is 0 Å². The molecule has 0 atom stereocenters. The number of hydrogen-bond donors (Lipinski definition) is 0. The van der Waals surface area contributed by atoms with Crippen molar-refractivity contribution in [2.24, 2.45) is 0 Å². The normalized spacial score (nSPS) is 20.0. The summed E-state index contributed by atoms with van der Waals surface area (Å²) in [4.78, 5) is 15.3. The summed E-state index contributed by atoms with van der Waals surface area (Å²) < 4.78 is 13.9. The Labute approximate surface area is 290 Å². The minimum atomic E-state index is -0.668. The zero-order valence-corrected chi connectivity index (χ0v) is 30.1. The molecule has 5 heteroatoms. The monoisotopic (exact) mass is 651 g/mol. The van der Waals surface area contributed by atoms with Crippen molar-refractivity contribution in [1.29, 1.82) is 0 Å². The van der Waals surface area contributed by atoms with E-state index in [2.05, 4.69) is 148 Å². The molecule has 7 rings (SSSR count). The van der Waals surface area contributed by atoms with Crippen LogP contribution in [-0.2, 0) is 20.3 Å². The van der Waals surface area contributed by atoms with E-state index in [-0.39, 0.29) is 16.9 Å². The molecule has 3 aliphatic rings. The molecule has 0 bridgehead atoms. The first kappa shape index (κ1) is 32.6. The Bertz CT molecular complexity index is 2170. The van der Waals surface area contributed by atoms with Crippen LogP contribution in [0.1, 0.15) is 71.9 Å². The minimum absolute atomic E-state index is 0.213. The van der Waals surface area contributed by atoms with Crippen LogP contribution in [-0.4, -0.2) is 36.6 Å². The second-order valence-electron chi connectivity index (χ2n) is 14.9. The smallest absolute Gasteiger partial charge is 0.431 e. The van der Waals surface area contributed by atoms with E-state index in [9.17, 15) is 4.79 Å². The van der Waals surface area contributed by atoms with Gasteiger partial charge >= 0.3 is 6.16 Å². The van der Waals surface area contributed by atoms with Crippen molar-refractivity contribution < 1.29 is 18.8 Å². The Hall–Kier alpha value is -4.90. The van der Waals surface area contributed by atoms with Crippen molar-refractivity contribution in [2.75, 3.05) is 19.0 Å². The Morgan fingerprint density at radius 3 is 2.16 bits per heavy atom. The van der Waals surface area contributed by atoms with Gasteiger partial charge in [-0.2, -0.15) is 4.58 Å². The van der Waals surface area contributed by atoms with Crippen LogP contribution in [0.15, 0.2) is 120 Å². The lowest BCUT2D eigenvalue weighted by molar-refractivity contribution is -0.401. The zero-order valence-electron chi connectivity index (χ0n) is 30.1. The summed E-state index contributed by atoms with van der Waals surface area (Å²) >= 11 is 0. The minimum Gasteiger partial charge on any atom is -0.431 e. The molecule has 0 saturated carbocycles. The number of carbonyl (C=O) groups is 1. The van der Waals surface area contributed by atoms with E-state index in [4.69, 9.17) is 9.47 Å². The fraction of sp³-hybridized carbons (Fsp3) is 0.318. The van der Waals surface area contributed by atoms with E-state index in [1.54, 1.807) is 0 Å². The lowest BCUT2D eigenvalue weighted by atomic mass is 9.78. The second-order valence-corrected chi connectivity index (χ2v) is 14.9. The van der Waals surface area contributed by atoms with Crippen LogP contribution in [0, 0.1) is 0 Å². The first-order chi connectivity index (χ1) is 23.4. The molecule has 49 heavy (non-hydrogen) atoms. The zero-order chi connectivity index (χ0) is 34.7. The molecule has 0 spiro atoms. The average molecular weight is 652 g/mol. The third-order valence-electron chi connectivity index (χ3n) is 10.7. The Kier molecular flexibility index (Phi) is 8.13. The number of rotatable bonds is 5. The molecule has 1 aliphatic carbocycles. The molecular formula is C44H47N2O3+.